The van der Waals surface area contributed by atoms with E-state index in [-0.39, 0.29) is 30.6 Å². The van der Waals surface area contributed by atoms with Crippen LogP contribution in [0.2, 0.25) is 0 Å². The summed E-state index contributed by atoms with van der Waals surface area (Å²) in [6.45, 7) is 17.8. The number of hydrogen-bond donors (Lipinski definition) is 3. The molecule has 1 saturated heterocycles. The summed E-state index contributed by atoms with van der Waals surface area (Å²) in [5, 5.41) is 16.3. The summed E-state index contributed by atoms with van der Waals surface area (Å²) in [7, 11) is 0. The van der Waals surface area contributed by atoms with Crippen molar-refractivity contribution in [2.75, 3.05) is 39.3 Å². The highest BCUT2D eigenvalue weighted by Gasteiger charge is 2.20. The van der Waals surface area contributed by atoms with Crippen LogP contribution in [-0.4, -0.2) is 61.3 Å². The van der Waals surface area contributed by atoms with Gasteiger partial charge in [0.2, 0.25) is 0 Å². The number of rotatable bonds is 10. The van der Waals surface area contributed by atoms with Crippen molar-refractivity contribution in [3.63, 3.8) is 0 Å². The van der Waals surface area contributed by atoms with Crippen molar-refractivity contribution in [1.82, 2.24) is 15.5 Å². The van der Waals surface area contributed by atoms with E-state index < -0.39 is 0 Å². The minimum Gasteiger partial charge on any atom is -0.396 e. The quantitative estimate of drug-likeness (QED) is 0.195. The molecule has 1 unspecified atom stereocenters. The molecule has 154 valence electrons. The maximum Gasteiger partial charge on any atom is 0.191 e. The van der Waals surface area contributed by atoms with Crippen molar-refractivity contribution in [3.8, 4) is 0 Å². The van der Waals surface area contributed by atoms with Gasteiger partial charge in [0.05, 0.1) is 0 Å². The van der Waals surface area contributed by atoms with Gasteiger partial charge in [0.15, 0.2) is 5.96 Å². The number of nitrogens with one attached hydrogen (secondary N) is 2. The predicted octanol–water partition coefficient (Wildman–Crippen LogP) is 3.24. The lowest BCUT2D eigenvalue weighted by Gasteiger charge is -2.33. The van der Waals surface area contributed by atoms with Gasteiger partial charge in [-0.3, -0.25) is 9.89 Å². The summed E-state index contributed by atoms with van der Waals surface area (Å²) in [6, 6.07) is 0.487. The van der Waals surface area contributed by atoms with Crippen molar-refractivity contribution in [2.45, 2.75) is 59.4 Å². The highest BCUT2D eigenvalue weighted by atomic mass is 127. The maximum absolute atomic E-state index is 9.28. The smallest absolute Gasteiger partial charge is 0.191 e. The van der Waals surface area contributed by atoms with Crippen LogP contribution in [0.25, 0.3) is 0 Å². The van der Waals surface area contributed by atoms with Crippen LogP contribution < -0.4 is 10.6 Å². The largest absolute Gasteiger partial charge is 0.396 e. The lowest BCUT2D eigenvalue weighted by atomic mass is 9.94. The van der Waals surface area contributed by atoms with Gasteiger partial charge in [0.25, 0.3) is 0 Å². The second kappa shape index (κ2) is 14.7. The molecule has 1 fully saturated rings. The van der Waals surface area contributed by atoms with Gasteiger partial charge in [-0.1, -0.05) is 26.0 Å². The summed E-state index contributed by atoms with van der Waals surface area (Å²) >= 11 is 0. The number of nitrogens with zero attached hydrogens (tertiary/aromatic N) is 2. The molecule has 0 aliphatic carbocycles. The molecule has 0 radical (unpaired) electrons. The van der Waals surface area contributed by atoms with Crippen molar-refractivity contribution < 1.29 is 5.11 Å². The molecule has 1 heterocycles. The molecule has 1 aliphatic heterocycles. The molecule has 1 atom stereocenters. The van der Waals surface area contributed by atoms with E-state index >= 15 is 0 Å². The Balaban J connectivity index is 0.00000625. The van der Waals surface area contributed by atoms with Crippen LogP contribution in [0.1, 0.15) is 53.4 Å². The number of aliphatic hydroxyl groups excluding tert-OH is 1. The van der Waals surface area contributed by atoms with E-state index in [1.54, 1.807) is 0 Å². The lowest BCUT2D eigenvalue weighted by Crippen LogP contribution is -2.49. The molecule has 0 aromatic carbocycles. The highest BCUT2D eigenvalue weighted by molar-refractivity contribution is 14.0. The Morgan fingerprint density at radius 3 is 2.46 bits per heavy atom. The number of halogens is 1. The summed E-state index contributed by atoms with van der Waals surface area (Å²) in [6.07, 6.45) is 4.23. The zero-order valence-corrected chi connectivity index (χ0v) is 19.6. The fraction of sp³-hybridized carbons (Fsp3) is 0.850. The molecule has 6 heteroatoms. The Morgan fingerprint density at radius 2 is 1.96 bits per heavy atom. The third-order valence-electron chi connectivity index (χ3n) is 4.62. The minimum atomic E-state index is 0. The topological polar surface area (TPSA) is 59.9 Å². The van der Waals surface area contributed by atoms with Crippen LogP contribution >= 0.6 is 24.0 Å². The SMILES string of the molecule is C=C(C)CN1CCC(NC(=NCC(CCO)CC(C)C)NCC)CC1.I. The van der Waals surface area contributed by atoms with Crippen molar-refractivity contribution in [1.29, 1.82) is 0 Å². The van der Waals surface area contributed by atoms with Crippen LogP contribution in [0, 0.1) is 11.8 Å². The Bertz CT molecular complexity index is 407. The van der Waals surface area contributed by atoms with E-state index in [1.807, 2.05) is 0 Å². The summed E-state index contributed by atoms with van der Waals surface area (Å²) in [5.41, 5.74) is 1.24. The zero-order chi connectivity index (χ0) is 18.7. The molecule has 3 N–H and O–H groups in total. The van der Waals surface area contributed by atoms with Crippen LogP contribution in [-0.2, 0) is 0 Å². The van der Waals surface area contributed by atoms with E-state index in [4.69, 9.17) is 4.99 Å². The van der Waals surface area contributed by atoms with Crippen molar-refractivity contribution >= 4 is 29.9 Å². The first-order valence-corrected chi connectivity index (χ1v) is 9.97. The average Bonchev–Trinajstić information content (AvgIpc) is 2.53. The van der Waals surface area contributed by atoms with E-state index in [0.29, 0.717) is 17.9 Å². The van der Waals surface area contributed by atoms with E-state index in [0.717, 1.165) is 64.4 Å². The molecule has 5 nitrogen and oxygen atoms in total. The van der Waals surface area contributed by atoms with Gasteiger partial charge < -0.3 is 15.7 Å². The maximum atomic E-state index is 9.28. The molecular formula is C20H41IN4O. The summed E-state index contributed by atoms with van der Waals surface area (Å²) < 4.78 is 0. The summed E-state index contributed by atoms with van der Waals surface area (Å²) in [5.74, 6) is 2.02. The van der Waals surface area contributed by atoms with Crippen LogP contribution in [0.3, 0.4) is 0 Å². The third kappa shape index (κ3) is 11.4. The molecule has 0 bridgehead atoms. The van der Waals surface area contributed by atoms with Gasteiger partial charge in [0.1, 0.15) is 0 Å². The Kier molecular flexibility index (Phi) is 14.5. The number of likely N-dealkylation sites (tertiary alicyclic amines) is 1. The number of hydrogen-bond acceptors (Lipinski definition) is 3. The van der Waals surface area contributed by atoms with Gasteiger partial charge in [-0.25, -0.2) is 0 Å². The second-order valence-corrected chi connectivity index (χ2v) is 7.88. The molecule has 0 saturated carbocycles. The molecular weight excluding hydrogens is 439 g/mol. The molecule has 0 spiro atoms. The monoisotopic (exact) mass is 480 g/mol. The van der Waals surface area contributed by atoms with Gasteiger partial charge in [-0.05, 0) is 51.4 Å². The van der Waals surface area contributed by atoms with Crippen LogP contribution in [0.15, 0.2) is 17.1 Å². The van der Waals surface area contributed by atoms with Crippen molar-refractivity contribution in [2.24, 2.45) is 16.8 Å². The van der Waals surface area contributed by atoms with Gasteiger partial charge in [-0.2, -0.15) is 0 Å². The van der Waals surface area contributed by atoms with Crippen LogP contribution in [0.5, 0.6) is 0 Å². The van der Waals surface area contributed by atoms with Gasteiger partial charge in [0, 0.05) is 45.4 Å². The fourth-order valence-electron chi connectivity index (χ4n) is 3.48. The van der Waals surface area contributed by atoms with Gasteiger partial charge in [-0.15, -0.1) is 24.0 Å². The molecule has 1 rings (SSSR count). The molecule has 26 heavy (non-hydrogen) atoms. The van der Waals surface area contributed by atoms with E-state index in [9.17, 15) is 5.11 Å². The molecule has 1 aliphatic rings. The average molecular weight is 480 g/mol. The predicted molar refractivity (Wildman–Crippen MR) is 123 cm³/mol. The zero-order valence-electron chi connectivity index (χ0n) is 17.3. The molecule has 0 amide bonds. The second-order valence-electron chi connectivity index (χ2n) is 7.88. The highest BCUT2D eigenvalue weighted by Crippen LogP contribution is 2.16. The van der Waals surface area contributed by atoms with E-state index in [1.165, 1.54) is 5.57 Å². The number of guanidine groups is 1. The first kappa shape index (κ1) is 25.7. The van der Waals surface area contributed by atoms with Crippen LogP contribution in [0.4, 0.5) is 0 Å². The molecule has 0 aromatic rings. The number of aliphatic imine (C=N–C) groups is 1. The summed E-state index contributed by atoms with van der Waals surface area (Å²) in [4.78, 5) is 7.28. The first-order valence-electron chi connectivity index (χ1n) is 9.97. The third-order valence-corrected chi connectivity index (χ3v) is 4.62. The first-order chi connectivity index (χ1) is 11.9. The normalized spacial score (nSPS) is 17.7. The minimum absolute atomic E-state index is 0. The number of aliphatic hydroxyl groups is 1. The Morgan fingerprint density at radius 1 is 1.31 bits per heavy atom. The fourth-order valence-corrected chi connectivity index (χ4v) is 3.48. The number of piperidine rings is 1. The Hall–Kier alpha value is -0.340. The Labute approximate surface area is 178 Å². The van der Waals surface area contributed by atoms with E-state index in [2.05, 4.69) is 49.8 Å². The van der Waals surface area contributed by atoms with Crippen molar-refractivity contribution in [3.05, 3.63) is 12.2 Å². The van der Waals surface area contributed by atoms with Gasteiger partial charge >= 0.3 is 0 Å². The molecule has 0 aromatic heterocycles. The standard InChI is InChI=1S/C20H40N4O.HI/c1-6-21-20(22-14-18(9-12-25)13-16(2)3)23-19-7-10-24(11-8-19)15-17(4)5;/h16,18-19,25H,4,6-15H2,1-3,5H3,(H2,21,22,23);1H. The lowest BCUT2D eigenvalue weighted by molar-refractivity contribution is 0.220.